The standard InChI is InChI=1S/C12H18N6O2/c1-2-5-13-10-15-11(18-7-3-6-14-18)17-12(16-10)20-9-4-8-19/h3,6-7,19H,2,4-5,8-9H2,1H3,(H,13,15,16,17). The third kappa shape index (κ3) is 3.89. The van der Waals surface area contributed by atoms with E-state index in [0.717, 1.165) is 13.0 Å². The molecule has 8 nitrogen and oxygen atoms in total. The Morgan fingerprint density at radius 1 is 1.35 bits per heavy atom. The van der Waals surface area contributed by atoms with Crippen LogP contribution in [0.1, 0.15) is 19.8 Å². The molecule has 0 aliphatic carbocycles. The number of nitrogens with zero attached hydrogens (tertiary/aromatic N) is 5. The summed E-state index contributed by atoms with van der Waals surface area (Å²) in [4.78, 5) is 12.6. The Bertz CT molecular complexity index is 517. The summed E-state index contributed by atoms with van der Waals surface area (Å²) in [5, 5.41) is 15.9. The van der Waals surface area contributed by atoms with Crippen molar-refractivity contribution in [2.24, 2.45) is 0 Å². The number of hydrogen-bond donors (Lipinski definition) is 2. The summed E-state index contributed by atoms with van der Waals surface area (Å²) < 4.78 is 6.94. The zero-order chi connectivity index (χ0) is 14.2. The molecule has 20 heavy (non-hydrogen) atoms. The van der Waals surface area contributed by atoms with Crippen LogP contribution in [-0.2, 0) is 0 Å². The van der Waals surface area contributed by atoms with Crippen molar-refractivity contribution in [2.75, 3.05) is 25.1 Å². The van der Waals surface area contributed by atoms with Gasteiger partial charge in [-0.1, -0.05) is 6.92 Å². The van der Waals surface area contributed by atoms with Crippen LogP contribution in [0.25, 0.3) is 5.95 Å². The van der Waals surface area contributed by atoms with E-state index in [1.165, 1.54) is 4.68 Å². The van der Waals surface area contributed by atoms with Crippen molar-refractivity contribution in [2.45, 2.75) is 19.8 Å². The Balaban J connectivity index is 2.19. The second kappa shape index (κ2) is 7.39. The number of aliphatic hydroxyl groups is 1. The van der Waals surface area contributed by atoms with Crippen molar-refractivity contribution in [1.82, 2.24) is 24.7 Å². The SMILES string of the molecule is CCCNc1nc(OCCCO)nc(-n2cccn2)n1. The molecule has 8 heteroatoms. The maximum absolute atomic E-state index is 8.76. The zero-order valence-electron chi connectivity index (χ0n) is 11.4. The fourth-order valence-corrected chi connectivity index (χ4v) is 1.44. The van der Waals surface area contributed by atoms with E-state index in [-0.39, 0.29) is 12.6 Å². The van der Waals surface area contributed by atoms with Gasteiger partial charge in [0.2, 0.25) is 5.95 Å². The predicted molar refractivity (Wildman–Crippen MR) is 72.9 cm³/mol. The summed E-state index contributed by atoms with van der Waals surface area (Å²) in [7, 11) is 0. The number of hydrogen-bond acceptors (Lipinski definition) is 7. The minimum atomic E-state index is 0.0675. The Morgan fingerprint density at radius 3 is 2.95 bits per heavy atom. The van der Waals surface area contributed by atoms with Crippen LogP contribution in [0.2, 0.25) is 0 Å². The molecule has 0 aromatic carbocycles. The van der Waals surface area contributed by atoms with Crippen molar-refractivity contribution in [1.29, 1.82) is 0 Å². The van der Waals surface area contributed by atoms with Crippen LogP contribution in [0.15, 0.2) is 18.5 Å². The molecule has 0 aliphatic heterocycles. The molecule has 0 atom stereocenters. The third-order valence-corrected chi connectivity index (χ3v) is 2.38. The summed E-state index contributed by atoms with van der Waals surface area (Å²) in [6, 6.07) is 2.01. The lowest BCUT2D eigenvalue weighted by molar-refractivity contribution is 0.224. The van der Waals surface area contributed by atoms with Gasteiger partial charge in [0.15, 0.2) is 0 Å². The van der Waals surface area contributed by atoms with E-state index in [1.807, 2.05) is 0 Å². The minimum Gasteiger partial charge on any atom is -0.463 e. The van der Waals surface area contributed by atoms with E-state index < -0.39 is 0 Å². The van der Waals surface area contributed by atoms with Crippen LogP contribution < -0.4 is 10.1 Å². The van der Waals surface area contributed by atoms with Gasteiger partial charge in [0, 0.05) is 32.0 Å². The van der Waals surface area contributed by atoms with Crippen LogP contribution in [0.4, 0.5) is 5.95 Å². The Kier molecular flexibility index (Phi) is 5.24. The Hall–Kier alpha value is -2.22. The lowest BCUT2D eigenvalue weighted by Gasteiger charge is -2.08. The first-order valence-corrected chi connectivity index (χ1v) is 6.57. The largest absolute Gasteiger partial charge is 0.463 e. The molecule has 2 N–H and O–H groups in total. The molecule has 108 valence electrons. The van der Waals surface area contributed by atoms with Crippen molar-refractivity contribution in [3.05, 3.63) is 18.5 Å². The lowest BCUT2D eigenvalue weighted by Crippen LogP contribution is -2.12. The van der Waals surface area contributed by atoms with Crippen molar-refractivity contribution in [3.63, 3.8) is 0 Å². The number of anilines is 1. The van der Waals surface area contributed by atoms with E-state index in [2.05, 4.69) is 32.3 Å². The van der Waals surface area contributed by atoms with Crippen molar-refractivity contribution < 1.29 is 9.84 Å². The van der Waals surface area contributed by atoms with Gasteiger partial charge in [-0.25, -0.2) is 4.68 Å². The van der Waals surface area contributed by atoms with E-state index in [9.17, 15) is 0 Å². The first-order valence-electron chi connectivity index (χ1n) is 6.57. The Morgan fingerprint density at radius 2 is 2.25 bits per heavy atom. The number of aromatic nitrogens is 5. The third-order valence-electron chi connectivity index (χ3n) is 2.38. The minimum absolute atomic E-state index is 0.0675. The quantitative estimate of drug-likeness (QED) is 0.684. The molecule has 0 unspecified atom stereocenters. The van der Waals surface area contributed by atoms with Gasteiger partial charge >= 0.3 is 6.01 Å². The van der Waals surface area contributed by atoms with E-state index >= 15 is 0 Å². The van der Waals surface area contributed by atoms with Gasteiger partial charge < -0.3 is 15.2 Å². The van der Waals surface area contributed by atoms with Gasteiger partial charge in [0.25, 0.3) is 5.95 Å². The molecule has 0 aliphatic rings. The molecule has 2 aromatic rings. The summed E-state index contributed by atoms with van der Waals surface area (Å²) in [5.41, 5.74) is 0. The van der Waals surface area contributed by atoms with E-state index in [0.29, 0.717) is 24.9 Å². The maximum Gasteiger partial charge on any atom is 0.323 e. The highest BCUT2D eigenvalue weighted by Crippen LogP contribution is 2.10. The number of nitrogens with one attached hydrogen (secondary N) is 1. The molecule has 0 fully saturated rings. The molecular formula is C12H18N6O2. The summed E-state index contributed by atoms with van der Waals surface area (Å²) in [6.45, 7) is 3.24. The molecule has 0 saturated carbocycles. The first-order chi connectivity index (χ1) is 9.83. The molecule has 0 radical (unpaired) electrons. The summed E-state index contributed by atoms with van der Waals surface area (Å²) in [5.74, 6) is 0.842. The predicted octanol–water partition coefficient (Wildman–Crippen LogP) is 0.640. The van der Waals surface area contributed by atoms with Gasteiger partial charge in [0.05, 0.1) is 6.61 Å². The van der Waals surface area contributed by atoms with Crippen molar-refractivity contribution >= 4 is 5.95 Å². The van der Waals surface area contributed by atoms with Crippen molar-refractivity contribution in [3.8, 4) is 12.0 Å². The average molecular weight is 278 g/mol. The fraction of sp³-hybridized carbons (Fsp3) is 0.500. The lowest BCUT2D eigenvalue weighted by atomic mass is 10.5. The monoisotopic (exact) mass is 278 g/mol. The highest BCUT2D eigenvalue weighted by Gasteiger charge is 2.09. The van der Waals surface area contributed by atoms with Gasteiger partial charge in [0.1, 0.15) is 0 Å². The molecule has 2 heterocycles. The topological polar surface area (TPSA) is 98.0 Å². The second-order valence-electron chi connectivity index (χ2n) is 4.04. The smallest absolute Gasteiger partial charge is 0.323 e. The molecule has 2 rings (SSSR count). The molecule has 2 aromatic heterocycles. The number of aliphatic hydroxyl groups excluding tert-OH is 1. The van der Waals surface area contributed by atoms with E-state index in [4.69, 9.17) is 9.84 Å². The van der Waals surface area contributed by atoms with E-state index in [1.54, 1.807) is 18.5 Å². The maximum atomic E-state index is 8.76. The molecule has 0 spiro atoms. The normalized spacial score (nSPS) is 10.5. The first kappa shape index (κ1) is 14.2. The molecule has 0 amide bonds. The molecule has 0 bridgehead atoms. The number of rotatable bonds is 8. The summed E-state index contributed by atoms with van der Waals surface area (Å²) in [6.07, 6.45) is 4.88. The van der Waals surface area contributed by atoms with Crippen LogP contribution in [0.3, 0.4) is 0 Å². The highest BCUT2D eigenvalue weighted by molar-refractivity contribution is 5.29. The number of ether oxygens (including phenoxy) is 1. The zero-order valence-corrected chi connectivity index (χ0v) is 11.4. The highest BCUT2D eigenvalue weighted by atomic mass is 16.5. The van der Waals surface area contributed by atoms with Gasteiger partial charge in [-0.05, 0) is 12.5 Å². The second-order valence-corrected chi connectivity index (χ2v) is 4.04. The van der Waals surface area contributed by atoms with Crippen LogP contribution in [-0.4, -0.2) is 49.6 Å². The van der Waals surface area contributed by atoms with Gasteiger partial charge in [-0.2, -0.15) is 20.1 Å². The van der Waals surface area contributed by atoms with Crippen LogP contribution in [0, 0.1) is 0 Å². The average Bonchev–Trinajstić information content (AvgIpc) is 2.99. The van der Waals surface area contributed by atoms with Gasteiger partial charge in [-0.3, -0.25) is 0 Å². The molecule has 0 saturated heterocycles. The summed E-state index contributed by atoms with van der Waals surface area (Å²) >= 11 is 0. The van der Waals surface area contributed by atoms with Crippen LogP contribution >= 0.6 is 0 Å². The Labute approximate surface area is 116 Å². The van der Waals surface area contributed by atoms with Gasteiger partial charge in [-0.15, -0.1) is 0 Å². The van der Waals surface area contributed by atoms with Crippen LogP contribution in [0.5, 0.6) is 6.01 Å². The fourth-order valence-electron chi connectivity index (χ4n) is 1.44. The molecular weight excluding hydrogens is 260 g/mol.